The van der Waals surface area contributed by atoms with Gasteiger partial charge in [-0.3, -0.25) is 9.59 Å². The molecule has 0 saturated heterocycles. The summed E-state index contributed by atoms with van der Waals surface area (Å²) in [6, 6.07) is 17.2. The first-order valence-corrected chi connectivity index (χ1v) is 11.8. The number of hydrogen-bond acceptors (Lipinski definition) is 3. The van der Waals surface area contributed by atoms with E-state index in [0.717, 1.165) is 42.6 Å². The predicted octanol–water partition coefficient (Wildman–Crippen LogP) is 5.06. The van der Waals surface area contributed by atoms with Gasteiger partial charge in [-0.2, -0.15) is 0 Å². The van der Waals surface area contributed by atoms with Crippen LogP contribution < -0.4 is 10.1 Å². The van der Waals surface area contributed by atoms with E-state index >= 15 is 0 Å². The van der Waals surface area contributed by atoms with Crippen LogP contribution in [0.4, 0.5) is 0 Å². The van der Waals surface area contributed by atoms with Gasteiger partial charge in [-0.25, -0.2) is 0 Å². The van der Waals surface area contributed by atoms with Gasteiger partial charge in [-0.15, -0.1) is 0 Å². The van der Waals surface area contributed by atoms with Crippen molar-refractivity contribution >= 4 is 11.8 Å². The fourth-order valence-electron chi connectivity index (χ4n) is 4.24. The van der Waals surface area contributed by atoms with E-state index < -0.39 is 6.04 Å². The van der Waals surface area contributed by atoms with Gasteiger partial charge in [0.2, 0.25) is 5.91 Å². The van der Waals surface area contributed by atoms with Gasteiger partial charge in [0.1, 0.15) is 11.8 Å². The summed E-state index contributed by atoms with van der Waals surface area (Å²) in [5.41, 5.74) is 2.05. The van der Waals surface area contributed by atoms with E-state index in [1.54, 1.807) is 11.8 Å². The topological polar surface area (TPSA) is 58.6 Å². The fourth-order valence-corrected chi connectivity index (χ4v) is 4.24. The minimum Gasteiger partial charge on any atom is -0.483 e. The fraction of sp³-hybridized carbons (Fsp3) is 0.481. The van der Waals surface area contributed by atoms with E-state index in [1.807, 2.05) is 54.6 Å². The van der Waals surface area contributed by atoms with Crippen LogP contribution >= 0.6 is 0 Å². The largest absolute Gasteiger partial charge is 0.483 e. The van der Waals surface area contributed by atoms with Crippen molar-refractivity contribution < 1.29 is 14.3 Å². The number of amides is 2. The third-order valence-corrected chi connectivity index (χ3v) is 6.21. The Labute approximate surface area is 192 Å². The van der Waals surface area contributed by atoms with Crippen LogP contribution in [0.5, 0.6) is 5.75 Å². The van der Waals surface area contributed by atoms with Crippen molar-refractivity contribution in [3.63, 3.8) is 0 Å². The molecule has 1 fully saturated rings. The third kappa shape index (κ3) is 6.59. The lowest BCUT2D eigenvalue weighted by atomic mass is 9.95. The van der Waals surface area contributed by atoms with E-state index in [-0.39, 0.29) is 24.5 Å². The minimum absolute atomic E-state index is 0.0937. The average Bonchev–Trinajstić information content (AvgIpc) is 2.82. The molecule has 0 radical (unpaired) electrons. The highest BCUT2D eigenvalue weighted by molar-refractivity contribution is 5.88. The van der Waals surface area contributed by atoms with Crippen molar-refractivity contribution in [2.75, 3.05) is 6.61 Å². The maximum absolute atomic E-state index is 13.3. The second-order valence-electron chi connectivity index (χ2n) is 9.01. The number of hydrogen-bond donors (Lipinski definition) is 1. The van der Waals surface area contributed by atoms with Crippen LogP contribution in [0.15, 0.2) is 54.6 Å². The van der Waals surface area contributed by atoms with Crippen molar-refractivity contribution in [2.45, 2.75) is 77.4 Å². The number of rotatable bonds is 9. The highest BCUT2D eigenvalue weighted by atomic mass is 16.5. The van der Waals surface area contributed by atoms with Crippen molar-refractivity contribution in [3.8, 4) is 5.75 Å². The van der Waals surface area contributed by atoms with Crippen LogP contribution in [0.1, 0.15) is 69.9 Å². The third-order valence-electron chi connectivity index (χ3n) is 6.21. The smallest absolute Gasteiger partial charge is 0.261 e. The lowest BCUT2D eigenvalue weighted by Gasteiger charge is -2.31. The monoisotopic (exact) mass is 436 g/mol. The molecule has 1 saturated carbocycles. The van der Waals surface area contributed by atoms with E-state index in [4.69, 9.17) is 4.74 Å². The SMILES string of the molecule is CC(C)c1ccccc1OCC(=O)N(Cc1ccccc1)[C@H](C)C(=O)NC1CCCCC1. The summed E-state index contributed by atoms with van der Waals surface area (Å²) in [5.74, 6) is 0.721. The Kier molecular flexibility index (Phi) is 8.72. The molecule has 5 nitrogen and oxygen atoms in total. The summed E-state index contributed by atoms with van der Waals surface area (Å²) in [6.07, 6.45) is 5.56. The molecule has 1 aliphatic rings. The molecular weight excluding hydrogens is 400 g/mol. The van der Waals surface area contributed by atoms with Gasteiger partial charge in [-0.1, -0.05) is 81.6 Å². The second-order valence-corrected chi connectivity index (χ2v) is 9.01. The molecule has 0 heterocycles. The number of carbonyl (C=O) groups excluding carboxylic acids is 2. The van der Waals surface area contributed by atoms with Gasteiger partial charge < -0.3 is 15.0 Å². The second kappa shape index (κ2) is 11.7. The first kappa shape index (κ1) is 23.8. The molecule has 1 N–H and O–H groups in total. The van der Waals surface area contributed by atoms with Crippen molar-refractivity contribution in [1.29, 1.82) is 0 Å². The zero-order valence-corrected chi connectivity index (χ0v) is 19.5. The van der Waals surface area contributed by atoms with Crippen LogP contribution in [-0.4, -0.2) is 35.4 Å². The molecule has 172 valence electrons. The Balaban J connectivity index is 1.71. The van der Waals surface area contributed by atoms with Crippen LogP contribution in [-0.2, 0) is 16.1 Å². The zero-order valence-electron chi connectivity index (χ0n) is 19.5. The number of ether oxygens (including phenoxy) is 1. The highest BCUT2D eigenvalue weighted by Gasteiger charge is 2.28. The summed E-state index contributed by atoms with van der Waals surface area (Å²) in [4.78, 5) is 27.9. The molecule has 0 aliphatic heterocycles. The van der Waals surface area contributed by atoms with Crippen molar-refractivity contribution in [1.82, 2.24) is 10.2 Å². The molecule has 5 heteroatoms. The highest BCUT2D eigenvalue weighted by Crippen LogP contribution is 2.26. The Morgan fingerprint density at radius 3 is 2.31 bits per heavy atom. The normalized spacial score (nSPS) is 15.2. The number of nitrogens with one attached hydrogen (secondary N) is 1. The summed E-state index contributed by atoms with van der Waals surface area (Å²) in [5, 5.41) is 3.16. The van der Waals surface area contributed by atoms with E-state index in [1.165, 1.54) is 6.42 Å². The van der Waals surface area contributed by atoms with Gasteiger partial charge in [0, 0.05) is 12.6 Å². The Morgan fingerprint density at radius 1 is 0.969 bits per heavy atom. The summed E-state index contributed by atoms with van der Waals surface area (Å²) in [6.45, 7) is 6.28. The van der Waals surface area contributed by atoms with Gasteiger partial charge in [0.15, 0.2) is 6.61 Å². The first-order valence-electron chi connectivity index (χ1n) is 11.8. The molecule has 0 aromatic heterocycles. The quantitative estimate of drug-likeness (QED) is 0.598. The number of benzene rings is 2. The lowest BCUT2D eigenvalue weighted by molar-refractivity contribution is -0.142. The minimum atomic E-state index is -0.575. The Hall–Kier alpha value is -2.82. The molecule has 2 aromatic rings. The van der Waals surface area contributed by atoms with E-state index in [0.29, 0.717) is 12.5 Å². The summed E-state index contributed by atoms with van der Waals surface area (Å²) in [7, 11) is 0. The molecule has 2 amide bonds. The standard InChI is InChI=1S/C27H36N2O3/c1-20(2)24-16-10-11-17-25(24)32-19-26(30)29(18-22-12-6-4-7-13-22)21(3)27(31)28-23-14-8-5-9-15-23/h4,6-7,10-13,16-17,20-21,23H,5,8-9,14-15,18-19H2,1-3H3,(H,28,31)/t21-/m1/s1. The number of nitrogens with zero attached hydrogens (tertiary/aromatic N) is 1. The number of para-hydroxylation sites is 1. The molecule has 1 aliphatic carbocycles. The molecule has 0 bridgehead atoms. The van der Waals surface area contributed by atoms with Gasteiger partial charge in [-0.05, 0) is 42.9 Å². The molecule has 3 rings (SSSR count). The lowest BCUT2D eigenvalue weighted by Crippen LogP contribution is -2.51. The number of carbonyl (C=O) groups is 2. The summed E-state index contributed by atoms with van der Waals surface area (Å²) < 4.78 is 5.94. The maximum atomic E-state index is 13.3. The maximum Gasteiger partial charge on any atom is 0.261 e. The predicted molar refractivity (Wildman–Crippen MR) is 127 cm³/mol. The molecule has 0 unspecified atom stereocenters. The van der Waals surface area contributed by atoms with Crippen molar-refractivity contribution in [2.24, 2.45) is 0 Å². The molecule has 1 atom stereocenters. The molecule has 2 aromatic carbocycles. The van der Waals surface area contributed by atoms with E-state index in [9.17, 15) is 9.59 Å². The van der Waals surface area contributed by atoms with Crippen LogP contribution in [0.25, 0.3) is 0 Å². The average molecular weight is 437 g/mol. The van der Waals surface area contributed by atoms with Crippen LogP contribution in [0.2, 0.25) is 0 Å². The van der Waals surface area contributed by atoms with Crippen molar-refractivity contribution in [3.05, 3.63) is 65.7 Å². The van der Waals surface area contributed by atoms with Gasteiger partial charge in [0.05, 0.1) is 0 Å². The molecule has 32 heavy (non-hydrogen) atoms. The first-order chi connectivity index (χ1) is 15.5. The van der Waals surface area contributed by atoms with Gasteiger partial charge in [0.25, 0.3) is 5.91 Å². The zero-order chi connectivity index (χ0) is 22.9. The molecular formula is C27H36N2O3. The molecule has 0 spiro atoms. The van der Waals surface area contributed by atoms with E-state index in [2.05, 4.69) is 19.2 Å². The van der Waals surface area contributed by atoms with Crippen LogP contribution in [0.3, 0.4) is 0 Å². The Morgan fingerprint density at radius 2 is 1.62 bits per heavy atom. The van der Waals surface area contributed by atoms with Crippen LogP contribution in [0, 0.1) is 0 Å². The van der Waals surface area contributed by atoms with Gasteiger partial charge >= 0.3 is 0 Å². The summed E-state index contributed by atoms with van der Waals surface area (Å²) >= 11 is 0. The Bertz CT molecular complexity index is 875.